The van der Waals surface area contributed by atoms with Crippen LogP contribution < -0.4 is 5.32 Å². The Kier molecular flexibility index (Phi) is 3.58. The molecule has 0 unspecified atom stereocenters. The summed E-state index contributed by atoms with van der Waals surface area (Å²) < 4.78 is 3.10. The lowest BCUT2D eigenvalue weighted by Crippen LogP contribution is -2.30. The SMILES string of the molecule is Cc1ccc2c(c1)-c1c(sn(-c3ccc4ccccc4c3)c1=S)C(C)(C)N2. The highest BCUT2D eigenvalue weighted by Crippen LogP contribution is 2.47. The van der Waals surface area contributed by atoms with Gasteiger partial charge < -0.3 is 5.32 Å². The molecule has 1 aromatic heterocycles. The normalized spacial score (nSPS) is 14.5. The number of anilines is 1. The number of hydrogen-bond donors (Lipinski definition) is 1. The van der Waals surface area contributed by atoms with Gasteiger partial charge in [0.25, 0.3) is 0 Å². The highest BCUT2D eigenvalue weighted by Gasteiger charge is 2.34. The molecule has 0 bridgehead atoms. The van der Waals surface area contributed by atoms with Crippen LogP contribution in [-0.4, -0.2) is 3.96 Å². The maximum Gasteiger partial charge on any atom is 0.129 e. The van der Waals surface area contributed by atoms with Crippen molar-refractivity contribution in [3.63, 3.8) is 0 Å². The molecule has 27 heavy (non-hydrogen) atoms. The van der Waals surface area contributed by atoms with Crippen LogP contribution >= 0.6 is 23.8 Å². The topological polar surface area (TPSA) is 17.0 Å². The predicted molar refractivity (Wildman–Crippen MR) is 119 cm³/mol. The maximum atomic E-state index is 5.98. The zero-order valence-electron chi connectivity index (χ0n) is 15.5. The number of rotatable bonds is 1. The minimum atomic E-state index is -0.155. The Morgan fingerprint density at radius 3 is 2.56 bits per heavy atom. The number of benzene rings is 3. The average Bonchev–Trinajstić information content (AvgIpc) is 3.01. The molecular formula is C23H20N2S2. The lowest BCUT2D eigenvalue weighted by molar-refractivity contribution is 0.620. The summed E-state index contributed by atoms with van der Waals surface area (Å²) in [5, 5.41) is 6.17. The molecule has 2 nitrogen and oxygen atoms in total. The molecule has 1 N–H and O–H groups in total. The summed E-state index contributed by atoms with van der Waals surface area (Å²) in [6.07, 6.45) is 0. The summed E-state index contributed by atoms with van der Waals surface area (Å²) in [4.78, 5) is 1.29. The Balaban J connectivity index is 1.79. The van der Waals surface area contributed by atoms with Gasteiger partial charge in [0.15, 0.2) is 0 Å². The summed E-state index contributed by atoms with van der Waals surface area (Å²) in [6, 6.07) is 21.6. The molecule has 0 saturated heterocycles. The summed E-state index contributed by atoms with van der Waals surface area (Å²) >= 11 is 7.73. The van der Waals surface area contributed by atoms with Crippen LogP contribution in [-0.2, 0) is 5.54 Å². The van der Waals surface area contributed by atoms with Crippen LogP contribution in [0.3, 0.4) is 0 Å². The standard InChI is InChI=1S/C23H20N2S2/c1-14-8-11-19-18(12-14)20-21(23(2,3)24-19)27-25(22(20)26)17-10-9-15-6-4-5-7-16(15)13-17/h4-13,24H,1-3H3. The van der Waals surface area contributed by atoms with Crippen LogP contribution in [0.2, 0.25) is 0 Å². The van der Waals surface area contributed by atoms with Gasteiger partial charge in [0.05, 0.1) is 16.1 Å². The van der Waals surface area contributed by atoms with Gasteiger partial charge in [-0.25, -0.2) is 0 Å². The van der Waals surface area contributed by atoms with E-state index in [1.807, 2.05) is 0 Å². The molecule has 2 heterocycles. The third-order valence-electron chi connectivity index (χ3n) is 5.23. The molecule has 1 aliphatic heterocycles. The largest absolute Gasteiger partial charge is 0.375 e. The van der Waals surface area contributed by atoms with Crippen LogP contribution in [0.25, 0.3) is 27.6 Å². The fourth-order valence-corrected chi connectivity index (χ4v) is 5.53. The highest BCUT2D eigenvalue weighted by molar-refractivity contribution is 7.71. The number of nitrogens with one attached hydrogen (secondary N) is 1. The number of aryl methyl sites for hydroxylation is 1. The first kappa shape index (κ1) is 16.7. The van der Waals surface area contributed by atoms with E-state index in [4.69, 9.17) is 12.2 Å². The zero-order valence-corrected chi connectivity index (χ0v) is 17.2. The summed E-state index contributed by atoms with van der Waals surface area (Å²) in [5.41, 5.74) is 5.79. The molecule has 5 rings (SSSR count). The first-order chi connectivity index (χ1) is 12.9. The zero-order chi connectivity index (χ0) is 18.8. The van der Waals surface area contributed by atoms with E-state index in [9.17, 15) is 0 Å². The van der Waals surface area contributed by atoms with E-state index < -0.39 is 0 Å². The molecule has 0 saturated carbocycles. The van der Waals surface area contributed by atoms with Gasteiger partial charge in [-0.2, -0.15) is 0 Å². The van der Waals surface area contributed by atoms with E-state index in [0.29, 0.717) is 0 Å². The van der Waals surface area contributed by atoms with Crippen LogP contribution in [0.4, 0.5) is 5.69 Å². The van der Waals surface area contributed by atoms with Crippen LogP contribution in [0, 0.1) is 11.6 Å². The van der Waals surface area contributed by atoms with Crippen molar-refractivity contribution in [3.05, 3.63) is 75.7 Å². The molecule has 3 aromatic carbocycles. The maximum absolute atomic E-state index is 5.98. The monoisotopic (exact) mass is 388 g/mol. The first-order valence-electron chi connectivity index (χ1n) is 9.09. The molecule has 134 valence electrons. The third kappa shape index (κ3) is 2.55. The Hall–Kier alpha value is -2.43. The Bertz CT molecular complexity index is 1260. The number of aromatic nitrogens is 1. The number of fused-ring (bicyclic) bond motifs is 4. The number of hydrogen-bond acceptors (Lipinski definition) is 3. The fourth-order valence-electron chi connectivity index (χ4n) is 3.88. The van der Waals surface area contributed by atoms with Gasteiger partial charge in [-0.15, -0.1) is 0 Å². The van der Waals surface area contributed by atoms with Gasteiger partial charge in [0.1, 0.15) is 4.64 Å². The van der Waals surface area contributed by atoms with E-state index in [0.717, 1.165) is 16.0 Å². The third-order valence-corrected chi connectivity index (χ3v) is 7.21. The number of nitrogens with zero attached hydrogens (tertiary/aromatic N) is 1. The minimum absolute atomic E-state index is 0.155. The second-order valence-corrected chi connectivity index (χ2v) is 9.07. The van der Waals surface area contributed by atoms with Crippen molar-refractivity contribution in [2.45, 2.75) is 26.3 Å². The van der Waals surface area contributed by atoms with Crippen LogP contribution in [0.5, 0.6) is 0 Å². The molecular weight excluding hydrogens is 368 g/mol. The fraction of sp³-hybridized carbons (Fsp3) is 0.174. The van der Waals surface area contributed by atoms with E-state index >= 15 is 0 Å². The first-order valence-corrected chi connectivity index (χ1v) is 10.3. The van der Waals surface area contributed by atoms with Crippen molar-refractivity contribution >= 4 is 40.2 Å². The lowest BCUT2D eigenvalue weighted by Gasteiger charge is -2.33. The Labute approximate surface area is 168 Å². The van der Waals surface area contributed by atoms with E-state index in [1.165, 1.54) is 32.3 Å². The molecule has 0 amide bonds. The lowest BCUT2D eigenvalue weighted by atomic mass is 9.89. The second-order valence-electron chi connectivity index (χ2n) is 7.73. The van der Waals surface area contributed by atoms with Crippen molar-refractivity contribution in [3.8, 4) is 16.8 Å². The second kappa shape index (κ2) is 5.78. The Morgan fingerprint density at radius 1 is 0.963 bits per heavy atom. The highest BCUT2D eigenvalue weighted by atomic mass is 32.1. The van der Waals surface area contributed by atoms with E-state index in [2.05, 4.69) is 90.7 Å². The summed E-state index contributed by atoms with van der Waals surface area (Å²) in [6.45, 7) is 6.59. The Morgan fingerprint density at radius 2 is 1.74 bits per heavy atom. The van der Waals surface area contributed by atoms with Crippen molar-refractivity contribution in [2.75, 3.05) is 5.32 Å². The summed E-state index contributed by atoms with van der Waals surface area (Å²) in [5.74, 6) is 0. The van der Waals surface area contributed by atoms with Crippen molar-refractivity contribution in [1.82, 2.24) is 3.96 Å². The van der Waals surface area contributed by atoms with Gasteiger partial charge in [0, 0.05) is 16.8 Å². The molecule has 0 spiro atoms. The average molecular weight is 389 g/mol. The molecule has 4 heteroatoms. The van der Waals surface area contributed by atoms with E-state index in [-0.39, 0.29) is 5.54 Å². The molecule has 0 fully saturated rings. The quantitative estimate of drug-likeness (QED) is 0.352. The predicted octanol–water partition coefficient (Wildman–Crippen LogP) is 7.06. The van der Waals surface area contributed by atoms with Crippen molar-refractivity contribution < 1.29 is 0 Å². The van der Waals surface area contributed by atoms with Gasteiger partial charge in [0.2, 0.25) is 0 Å². The van der Waals surface area contributed by atoms with Gasteiger partial charge in [-0.3, -0.25) is 3.96 Å². The molecule has 0 atom stereocenters. The van der Waals surface area contributed by atoms with Crippen LogP contribution in [0.15, 0.2) is 60.7 Å². The van der Waals surface area contributed by atoms with Crippen LogP contribution in [0.1, 0.15) is 24.3 Å². The summed E-state index contributed by atoms with van der Waals surface area (Å²) in [7, 11) is 0. The molecule has 0 aliphatic carbocycles. The van der Waals surface area contributed by atoms with Crippen molar-refractivity contribution in [2.24, 2.45) is 0 Å². The molecule has 4 aromatic rings. The molecule has 1 aliphatic rings. The van der Waals surface area contributed by atoms with E-state index in [1.54, 1.807) is 11.5 Å². The van der Waals surface area contributed by atoms with Gasteiger partial charge in [-0.1, -0.05) is 65.7 Å². The smallest absolute Gasteiger partial charge is 0.129 e. The molecule has 0 radical (unpaired) electrons. The van der Waals surface area contributed by atoms with Crippen molar-refractivity contribution in [1.29, 1.82) is 0 Å². The van der Waals surface area contributed by atoms with Gasteiger partial charge >= 0.3 is 0 Å². The van der Waals surface area contributed by atoms with Gasteiger partial charge in [-0.05, 0) is 55.8 Å². The minimum Gasteiger partial charge on any atom is -0.375 e.